The molecule has 0 saturated heterocycles. The van der Waals surface area contributed by atoms with Crippen LogP contribution in [0, 0.1) is 5.41 Å². The Labute approximate surface area is 83.1 Å². The Balaban J connectivity index is 3.15. The van der Waals surface area contributed by atoms with E-state index in [1.807, 2.05) is 18.2 Å². The number of nitrogens with two attached hydrogens (primary N) is 1. The normalized spacial score (nSPS) is 9.64. The molecule has 2 nitrogen and oxygen atoms in total. The van der Waals surface area contributed by atoms with Gasteiger partial charge in [0, 0.05) is 0 Å². The van der Waals surface area contributed by atoms with E-state index in [0.29, 0.717) is 0 Å². The van der Waals surface area contributed by atoms with Gasteiger partial charge in [-0.3, -0.25) is 0 Å². The molecule has 0 spiro atoms. The van der Waals surface area contributed by atoms with Crippen molar-refractivity contribution in [2.45, 2.75) is 0 Å². The maximum absolute atomic E-state index is 7.17. The molecule has 0 fully saturated rings. The van der Waals surface area contributed by atoms with Gasteiger partial charge < -0.3 is 0 Å². The van der Waals surface area contributed by atoms with E-state index in [0.717, 1.165) is 14.3 Å². The fourth-order valence-electron chi connectivity index (χ4n) is 0.691. The molecule has 4 heteroatoms. The van der Waals surface area contributed by atoms with Crippen LogP contribution in [-0.2, 0) is 0 Å². The summed E-state index contributed by atoms with van der Waals surface area (Å²) in [7, 11) is 0. The summed E-state index contributed by atoms with van der Waals surface area (Å²) in [6, 6.07) is 5.66. The molecule has 1 aromatic rings. The molecule has 0 aromatic heterocycles. The molecule has 0 aliphatic carbocycles. The Morgan fingerprint density at radius 3 is 2.36 bits per heavy atom. The maximum atomic E-state index is 7.17. The Kier molecular flexibility index (Phi) is 2.81. The second kappa shape index (κ2) is 3.47. The zero-order valence-corrected chi connectivity index (χ0v) is 9.46. The third-order valence-electron chi connectivity index (χ3n) is 1.29. The van der Waals surface area contributed by atoms with Crippen molar-refractivity contribution in [1.82, 2.24) is 0 Å². The zero-order valence-electron chi connectivity index (χ0n) is 5.70. The first-order chi connectivity index (χ1) is 5.11. The molecule has 0 aliphatic rings. The van der Waals surface area contributed by atoms with E-state index in [4.69, 9.17) is 11.1 Å². The standard InChI is InChI=1S/C7H6As2N2/c8-5-2-1-4(7(10)11)3-6(5)9/h1-3H,(H3,10,11). The van der Waals surface area contributed by atoms with Crippen LogP contribution in [0.15, 0.2) is 18.2 Å². The van der Waals surface area contributed by atoms with E-state index in [1.165, 1.54) is 0 Å². The molecule has 54 valence electrons. The fraction of sp³-hybridized carbons (Fsp3) is 0. The summed E-state index contributed by atoms with van der Waals surface area (Å²) < 4.78 is 2.23. The van der Waals surface area contributed by atoms with Crippen molar-refractivity contribution in [1.29, 1.82) is 5.41 Å². The van der Waals surface area contributed by atoms with Crippen molar-refractivity contribution in [2.75, 3.05) is 0 Å². The van der Waals surface area contributed by atoms with Crippen LogP contribution in [0.5, 0.6) is 0 Å². The Bertz CT molecular complexity index is 296. The van der Waals surface area contributed by atoms with E-state index in [-0.39, 0.29) is 5.84 Å². The molecular weight excluding hydrogens is 262 g/mol. The summed E-state index contributed by atoms with van der Waals surface area (Å²) in [6.45, 7) is 0. The average Bonchev–Trinajstić information content (AvgIpc) is 1.94. The van der Waals surface area contributed by atoms with Gasteiger partial charge in [-0.1, -0.05) is 0 Å². The third kappa shape index (κ3) is 2.12. The number of amidine groups is 1. The summed E-state index contributed by atoms with van der Waals surface area (Å²) in [4.78, 5) is 0. The predicted octanol–water partition coefficient (Wildman–Crippen LogP) is -1.44. The number of benzene rings is 1. The van der Waals surface area contributed by atoms with Gasteiger partial charge in [0.1, 0.15) is 0 Å². The SMILES string of the molecule is N=C(N)c1ccc([As])c([As])c1. The van der Waals surface area contributed by atoms with Gasteiger partial charge in [-0.15, -0.1) is 0 Å². The molecular formula is C7H6As2N2. The van der Waals surface area contributed by atoms with Crippen LogP contribution in [0.25, 0.3) is 0 Å². The third-order valence-corrected chi connectivity index (χ3v) is 3.71. The van der Waals surface area contributed by atoms with Gasteiger partial charge in [0.05, 0.1) is 0 Å². The number of hydrogen-bond acceptors (Lipinski definition) is 1. The van der Waals surface area contributed by atoms with Crippen LogP contribution in [-0.4, -0.2) is 39.5 Å². The number of rotatable bonds is 1. The van der Waals surface area contributed by atoms with Gasteiger partial charge in [-0.2, -0.15) is 0 Å². The molecule has 0 heterocycles. The van der Waals surface area contributed by atoms with E-state index < -0.39 is 0 Å². The monoisotopic (exact) mass is 268 g/mol. The van der Waals surface area contributed by atoms with Crippen molar-refractivity contribution < 1.29 is 0 Å². The van der Waals surface area contributed by atoms with Crippen LogP contribution < -0.4 is 14.4 Å². The molecule has 1 aromatic carbocycles. The molecule has 11 heavy (non-hydrogen) atoms. The van der Waals surface area contributed by atoms with Crippen LogP contribution in [0.1, 0.15) is 5.56 Å². The summed E-state index contributed by atoms with van der Waals surface area (Å²) in [5, 5.41) is 7.17. The van der Waals surface area contributed by atoms with E-state index >= 15 is 0 Å². The molecule has 1 rings (SSSR count). The van der Waals surface area contributed by atoms with Gasteiger partial charge >= 0.3 is 83.1 Å². The van der Waals surface area contributed by atoms with Crippen molar-refractivity contribution >= 4 is 48.2 Å². The van der Waals surface area contributed by atoms with Gasteiger partial charge in [0.15, 0.2) is 0 Å². The predicted molar refractivity (Wildman–Crippen MR) is 48.2 cm³/mol. The summed E-state index contributed by atoms with van der Waals surface area (Å²) in [6.07, 6.45) is 0. The molecule has 4 radical (unpaired) electrons. The van der Waals surface area contributed by atoms with Crippen LogP contribution in [0.4, 0.5) is 0 Å². The van der Waals surface area contributed by atoms with Crippen molar-refractivity contribution in [3.8, 4) is 0 Å². The van der Waals surface area contributed by atoms with Crippen molar-refractivity contribution in [3.63, 3.8) is 0 Å². The van der Waals surface area contributed by atoms with Crippen LogP contribution in [0.3, 0.4) is 0 Å². The topological polar surface area (TPSA) is 49.9 Å². The van der Waals surface area contributed by atoms with Gasteiger partial charge in [0.2, 0.25) is 0 Å². The Morgan fingerprint density at radius 2 is 1.91 bits per heavy atom. The van der Waals surface area contributed by atoms with E-state index in [9.17, 15) is 0 Å². The number of hydrogen-bond donors (Lipinski definition) is 2. The van der Waals surface area contributed by atoms with Crippen molar-refractivity contribution in [3.05, 3.63) is 23.8 Å². The number of nitrogens with one attached hydrogen (secondary N) is 1. The van der Waals surface area contributed by atoms with Gasteiger partial charge in [0.25, 0.3) is 0 Å². The molecule has 3 N–H and O–H groups in total. The average molecular weight is 268 g/mol. The molecule has 0 bridgehead atoms. The van der Waals surface area contributed by atoms with E-state index in [2.05, 4.69) is 33.7 Å². The van der Waals surface area contributed by atoms with Crippen LogP contribution >= 0.6 is 0 Å². The quantitative estimate of drug-likeness (QED) is 0.366. The molecule has 0 saturated carbocycles. The summed E-state index contributed by atoms with van der Waals surface area (Å²) in [5.41, 5.74) is 6.08. The second-order valence-electron chi connectivity index (χ2n) is 2.12. The Hall–Kier alpha value is -0.193. The zero-order chi connectivity index (χ0) is 8.43. The molecule has 0 amide bonds. The fourth-order valence-corrected chi connectivity index (χ4v) is 1.43. The van der Waals surface area contributed by atoms with Crippen LogP contribution in [0.2, 0.25) is 0 Å². The summed E-state index contributed by atoms with van der Waals surface area (Å²) in [5.74, 6) is 0.116. The van der Waals surface area contributed by atoms with Crippen molar-refractivity contribution in [2.24, 2.45) is 5.73 Å². The first kappa shape index (κ1) is 8.90. The summed E-state index contributed by atoms with van der Waals surface area (Å²) >= 11 is 4.92. The molecule has 0 unspecified atom stereocenters. The van der Waals surface area contributed by atoms with Gasteiger partial charge in [-0.25, -0.2) is 0 Å². The van der Waals surface area contributed by atoms with E-state index in [1.54, 1.807) is 0 Å². The minimum absolute atomic E-state index is 0.116. The first-order valence-electron chi connectivity index (χ1n) is 2.97. The Morgan fingerprint density at radius 1 is 1.27 bits per heavy atom. The molecule has 0 aliphatic heterocycles. The second-order valence-corrected chi connectivity index (χ2v) is 4.14. The van der Waals surface area contributed by atoms with Gasteiger partial charge in [-0.05, 0) is 0 Å². The minimum atomic E-state index is 0.116. The first-order valence-corrected chi connectivity index (χ1v) is 4.85. The number of nitrogen functional groups attached to an aromatic ring is 1. The molecule has 0 atom stereocenters.